The van der Waals surface area contributed by atoms with Gasteiger partial charge in [0.05, 0.1) is 0 Å². The zero-order valence-corrected chi connectivity index (χ0v) is 9.04. The van der Waals surface area contributed by atoms with E-state index in [4.69, 9.17) is 8.85 Å². The first kappa shape index (κ1) is 11.1. The van der Waals surface area contributed by atoms with Gasteiger partial charge in [-0.2, -0.15) is 0 Å². The molecule has 0 heterocycles. The Kier molecular flexibility index (Phi) is 6.85. The number of hydrogen-bond donors (Lipinski definition) is 1. The largest absolute Gasteiger partial charge is 0.400 e. The number of rotatable bonds is 6. The molecular formula is C7H19NO2Si. The summed E-state index contributed by atoms with van der Waals surface area (Å²) in [6.07, 6.45) is 1.13. The molecule has 0 rings (SSSR count). The van der Waals surface area contributed by atoms with Crippen molar-refractivity contribution in [2.75, 3.05) is 21.3 Å². The molecule has 0 aliphatic heterocycles. The summed E-state index contributed by atoms with van der Waals surface area (Å²) in [5.41, 5.74) is 0. The molecule has 0 amide bonds. The lowest BCUT2D eigenvalue weighted by Crippen LogP contribution is -2.32. The Bertz CT molecular complexity index is 74.5. The molecular weight excluding hydrogens is 158 g/mol. The first-order chi connectivity index (χ1) is 5.28. The molecule has 0 spiro atoms. The molecule has 0 saturated heterocycles. The first-order valence-electron chi connectivity index (χ1n) is 4.01. The van der Waals surface area contributed by atoms with Crippen LogP contribution in [-0.2, 0) is 8.85 Å². The van der Waals surface area contributed by atoms with Gasteiger partial charge in [0.25, 0.3) is 0 Å². The highest BCUT2D eigenvalue weighted by Crippen LogP contribution is 2.03. The summed E-state index contributed by atoms with van der Waals surface area (Å²) in [6, 6.07) is 1.59. The molecule has 0 aromatic carbocycles. The average Bonchev–Trinajstić information content (AvgIpc) is 2.07. The molecule has 0 bridgehead atoms. The molecule has 1 N–H and O–H groups in total. The van der Waals surface area contributed by atoms with Gasteiger partial charge >= 0.3 is 9.28 Å². The molecule has 0 aromatic rings. The Morgan fingerprint density at radius 1 is 1.36 bits per heavy atom. The van der Waals surface area contributed by atoms with Crippen molar-refractivity contribution < 1.29 is 8.85 Å². The van der Waals surface area contributed by atoms with E-state index >= 15 is 0 Å². The highest BCUT2D eigenvalue weighted by atomic mass is 28.3. The van der Waals surface area contributed by atoms with Gasteiger partial charge in [0, 0.05) is 26.3 Å². The second-order valence-electron chi connectivity index (χ2n) is 2.53. The SMILES string of the molecule is CCC(C[SiH](OC)OC)NC. The predicted molar refractivity (Wildman–Crippen MR) is 49.1 cm³/mol. The van der Waals surface area contributed by atoms with Crippen LogP contribution in [-0.4, -0.2) is 36.6 Å². The highest BCUT2D eigenvalue weighted by molar-refractivity contribution is 6.44. The van der Waals surface area contributed by atoms with E-state index in [2.05, 4.69) is 12.2 Å². The summed E-state index contributed by atoms with van der Waals surface area (Å²) >= 11 is 0. The Hall–Kier alpha value is 0.0969. The summed E-state index contributed by atoms with van der Waals surface area (Å²) in [5, 5.41) is 3.23. The van der Waals surface area contributed by atoms with E-state index < -0.39 is 9.28 Å². The van der Waals surface area contributed by atoms with E-state index in [1.54, 1.807) is 14.2 Å². The van der Waals surface area contributed by atoms with Crippen molar-refractivity contribution in [1.29, 1.82) is 0 Å². The van der Waals surface area contributed by atoms with Crippen LogP contribution in [0.4, 0.5) is 0 Å². The summed E-state index contributed by atoms with van der Waals surface area (Å²) in [4.78, 5) is 0. The molecule has 0 fully saturated rings. The summed E-state index contributed by atoms with van der Waals surface area (Å²) in [7, 11) is 4.08. The Morgan fingerprint density at radius 3 is 2.18 bits per heavy atom. The predicted octanol–water partition coefficient (Wildman–Crippen LogP) is 0.498. The van der Waals surface area contributed by atoms with Crippen molar-refractivity contribution in [2.24, 2.45) is 0 Å². The van der Waals surface area contributed by atoms with Gasteiger partial charge in [-0.25, -0.2) is 0 Å². The standard InChI is InChI=1S/C7H19NO2Si/c1-5-7(8-2)6-11(9-3)10-4/h7-8,11H,5-6H2,1-4H3. The maximum Gasteiger partial charge on any atom is 0.322 e. The summed E-state index contributed by atoms with van der Waals surface area (Å²) in [5.74, 6) is 0. The number of hydrogen-bond acceptors (Lipinski definition) is 3. The van der Waals surface area contributed by atoms with Gasteiger partial charge < -0.3 is 14.2 Å². The van der Waals surface area contributed by atoms with Gasteiger partial charge in [0.1, 0.15) is 0 Å². The van der Waals surface area contributed by atoms with Crippen LogP contribution in [0.5, 0.6) is 0 Å². The molecule has 0 aliphatic rings. The van der Waals surface area contributed by atoms with Crippen LogP contribution in [0, 0.1) is 0 Å². The van der Waals surface area contributed by atoms with Gasteiger partial charge in [-0.05, 0) is 13.5 Å². The van der Waals surface area contributed by atoms with E-state index in [1.807, 2.05) is 7.05 Å². The van der Waals surface area contributed by atoms with Gasteiger partial charge in [-0.1, -0.05) is 6.92 Å². The minimum Gasteiger partial charge on any atom is -0.400 e. The van der Waals surface area contributed by atoms with Crippen LogP contribution in [0.2, 0.25) is 6.04 Å². The maximum absolute atomic E-state index is 5.21. The molecule has 0 aromatic heterocycles. The van der Waals surface area contributed by atoms with Crippen molar-refractivity contribution >= 4 is 9.28 Å². The Balaban J connectivity index is 3.58. The van der Waals surface area contributed by atoms with Crippen LogP contribution in [0.15, 0.2) is 0 Å². The monoisotopic (exact) mass is 177 g/mol. The van der Waals surface area contributed by atoms with Gasteiger partial charge in [-0.15, -0.1) is 0 Å². The molecule has 11 heavy (non-hydrogen) atoms. The van der Waals surface area contributed by atoms with Gasteiger partial charge in [-0.3, -0.25) is 0 Å². The fraction of sp³-hybridized carbons (Fsp3) is 1.00. The molecule has 3 nitrogen and oxygen atoms in total. The molecule has 68 valence electrons. The van der Waals surface area contributed by atoms with Gasteiger partial charge in [0.2, 0.25) is 0 Å². The molecule has 1 unspecified atom stereocenters. The van der Waals surface area contributed by atoms with Crippen molar-refractivity contribution in [2.45, 2.75) is 25.4 Å². The third kappa shape index (κ3) is 4.52. The summed E-state index contributed by atoms with van der Waals surface area (Å²) < 4.78 is 10.4. The van der Waals surface area contributed by atoms with Crippen molar-refractivity contribution in [1.82, 2.24) is 5.32 Å². The van der Waals surface area contributed by atoms with E-state index in [1.165, 1.54) is 0 Å². The van der Waals surface area contributed by atoms with Crippen LogP contribution in [0.1, 0.15) is 13.3 Å². The van der Waals surface area contributed by atoms with Crippen LogP contribution >= 0.6 is 0 Å². The van der Waals surface area contributed by atoms with Crippen LogP contribution < -0.4 is 5.32 Å². The molecule has 1 atom stereocenters. The van der Waals surface area contributed by atoms with E-state index in [9.17, 15) is 0 Å². The van der Waals surface area contributed by atoms with Crippen molar-refractivity contribution in [3.63, 3.8) is 0 Å². The fourth-order valence-corrected chi connectivity index (χ4v) is 2.62. The lowest BCUT2D eigenvalue weighted by Gasteiger charge is -2.17. The Labute approximate surface area is 70.9 Å². The van der Waals surface area contributed by atoms with Crippen molar-refractivity contribution in [3.05, 3.63) is 0 Å². The zero-order valence-electron chi connectivity index (χ0n) is 7.89. The summed E-state index contributed by atoms with van der Waals surface area (Å²) in [6.45, 7) is 2.16. The smallest absolute Gasteiger partial charge is 0.322 e. The van der Waals surface area contributed by atoms with Gasteiger partial charge in [0.15, 0.2) is 0 Å². The highest BCUT2D eigenvalue weighted by Gasteiger charge is 2.14. The van der Waals surface area contributed by atoms with E-state index in [0.29, 0.717) is 6.04 Å². The average molecular weight is 177 g/mol. The lowest BCUT2D eigenvalue weighted by atomic mass is 10.3. The Morgan fingerprint density at radius 2 is 1.91 bits per heavy atom. The quantitative estimate of drug-likeness (QED) is 0.599. The third-order valence-corrected chi connectivity index (χ3v) is 3.91. The molecule has 0 saturated carbocycles. The van der Waals surface area contributed by atoms with Crippen LogP contribution in [0.25, 0.3) is 0 Å². The zero-order chi connectivity index (χ0) is 8.69. The van der Waals surface area contributed by atoms with E-state index in [0.717, 1.165) is 12.5 Å². The second-order valence-corrected chi connectivity index (χ2v) is 4.80. The maximum atomic E-state index is 5.21. The second kappa shape index (κ2) is 6.79. The minimum absolute atomic E-state index is 0.548. The third-order valence-electron chi connectivity index (χ3n) is 1.90. The van der Waals surface area contributed by atoms with E-state index in [-0.39, 0.29) is 0 Å². The molecule has 0 radical (unpaired) electrons. The minimum atomic E-state index is -1.35. The molecule has 4 heteroatoms. The normalized spacial score (nSPS) is 13.9. The van der Waals surface area contributed by atoms with Crippen LogP contribution in [0.3, 0.4) is 0 Å². The van der Waals surface area contributed by atoms with Crippen molar-refractivity contribution in [3.8, 4) is 0 Å². The lowest BCUT2D eigenvalue weighted by molar-refractivity contribution is 0.272. The topological polar surface area (TPSA) is 30.5 Å². The first-order valence-corrected chi connectivity index (χ1v) is 5.77. The fourth-order valence-electron chi connectivity index (χ4n) is 1.01. The molecule has 0 aliphatic carbocycles. The number of nitrogens with one attached hydrogen (secondary N) is 1.